The molecule has 0 bridgehead atoms. The number of carbonyl (C=O) groups is 1. The van der Waals surface area contributed by atoms with Crippen LogP contribution in [0.25, 0.3) is 0 Å². The lowest BCUT2D eigenvalue weighted by Crippen LogP contribution is -2.56. The standard InChI is InChI=1S/C18H26N4O3S2/c1-18(2)15(22(24)16(23)19-14-6-4-3-5-7-14)21(17(26)27-18)9-8-20-10-12-25-13-11-20/h3-7,15,24H,8-13H2,1-2H3,(H,19,23). The molecular formula is C18H26N4O3S2. The Hall–Kier alpha value is -1.39. The summed E-state index contributed by atoms with van der Waals surface area (Å²) in [5.74, 6) is 0. The zero-order chi connectivity index (χ0) is 19.4. The Labute approximate surface area is 169 Å². The Morgan fingerprint density at radius 1 is 1.33 bits per heavy atom. The van der Waals surface area contributed by atoms with E-state index in [0.29, 0.717) is 16.6 Å². The number of carbonyl (C=O) groups excluding carboxylic acids is 1. The maximum Gasteiger partial charge on any atom is 0.347 e. The first-order valence-corrected chi connectivity index (χ1v) is 10.2. The van der Waals surface area contributed by atoms with Crippen molar-refractivity contribution in [3.05, 3.63) is 30.3 Å². The summed E-state index contributed by atoms with van der Waals surface area (Å²) in [4.78, 5) is 16.9. The van der Waals surface area contributed by atoms with Crippen molar-refractivity contribution < 1.29 is 14.7 Å². The number of hydrogen-bond donors (Lipinski definition) is 2. The largest absolute Gasteiger partial charge is 0.379 e. The van der Waals surface area contributed by atoms with E-state index < -0.39 is 16.9 Å². The van der Waals surface area contributed by atoms with Crippen LogP contribution in [-0.4, -0.2) is 80.7 Å². The van der Waals surface area contributed by atoms with Gasteiger partial charge in [-0.05, 0) is 26.0 Å². The van der Waals surface area contributed by atoms with E-state index in [1.807, 2.05) is 36.9 Å². The van der Waals surface area contributed by atoms with Gasteiger partial charge in [0.05, 0.1) is 18.0 Å². The zero-order valence-electron chi connectivity index (χ0n) is 15.6. The second-order valence-electron chi connectivity index (χ2n) is 7.13. The summed E-state index contributed by atoms with van der Waals surface area (Å²) >= 11 is 7.06. The molecule has 2 N–H and O–H groups in total. The quantitative estimate of drug-likeness (QED) is 0.439. The van der Waals surface area contributed by atoms with Gasteiger partial charge >= 0.3 is 6.03 Å². The van der Waals surface area contributed by atoms with Crippen molar-refractivity contribution in [3.8, 4) is 0 Å². The third-order valence-electron chi connectivity index (χ3n) is 4.73. The number of amides is 2. The van der Waals surface area contributed by atoms with Crippen LogP contribution in [0.3, 0.4) is 0 Å². The van der Waals surface area contributed by atoms with Gasteiger partial charge in [-0.3, -0.25) is 10.1 Å². The molecule has 1 unspecified atom stereocenters. The number of thioether (sulfide) groups is 1. The number of nitrogens with one attached hydrogen (secondary N) is 1. The molecule has 3 rings (SSSR count). The summed E-state index contributed by atoms with van der Waals surface area (Å²) < 4.78 is 5.66. The molecule has 148 valence electrons. The lowest BCUT2D eigenvalue weighted by Gasteiger charge is -2.38. The highest BCUT2D eigenvalue weighted by atomic mass is 32.2. The number of thiocarbonyl (C=S) groups is 1. The molecular weight excluding hydrogens is 384 g/mol. The normalized spacial score (nSPS) is 22.7. The lowest BCUT2D eigenvalue weighted by atomic mass is 10.1. The molecule has 7 nitrogen and oxygen atoms in total. The third kappa shape index (κ3) is 4.91. The molecule has 2 amide bonds. The van der Waals surface area contributed by atoms with Gasteiger partial charge in [0.2, 0.25) is 0 Å². The molecule has 1 aromatic rings. The van der Waals surface area contributed by atoms with Crippen molar-refractivity contribution in [2.75, 3.05) is 44.7 Å². The van der Waals surface area contributed by atoms with Crippen LogP contribution in [0, 0.1) is 0 Å². The Morgan fingerprint density at radius 3 is 2.67 bits per heavy atom. The van der Waals surface area contributed by atoms with Crippen molar-refractivity contribution in [2.24, 2.45) is 0 Å². The van der Waals surface area contributed by atoms with E-state index in [1.165, 1.54) is 11.8 Å². The summed E-state index contributed by atoms with van der Waals surface area (Å²) in [6.45, 7) is 8.68. The van der Waals surface area contributed by atoms with Crippen LogP contribution >= 0.6 is 24.0 Å². The highest BCUT2D eigenvalue weighted by Gasteiger charge is 2.49. The Kier molecular flexibility index (Phi) is 6.59. The summed E-state index contributed by atoms with van der Waals surface area (Å²) in [6.07, 6.45) is -0.542. The van der Waals surface area contributed by atoms with Gasteiger partial charge in [-0.25, -0.2) is 4.79 Å². The molecule has 2 saturated heterocycles. The van der Waals surface area contributed by atoms with Gasteiger partial charge < -0.3 is 15.0 Å². The fourth-order valence-electron chi connectivity index (χ4n) is 3.34. The van der Waals surface area contributed by atoms with Crippen LogP contribution in [-0.2, 0) is 4.74 Å². The predicted octanol–water partition coefficient (Wildman–Crippen LogP) is 2.68. The minimum Gasteiger partial charge on any atom is -0.379 e. The van der Waals surface area contributed by atoms with Gasteiger partial charge in [-0.1, -0.05) is 42.2 Å². The molecule has 2 fully saturated rings. The smallest absolute Gasteiger partial charge is 0.347 e. The summed E-state index contributed by atoms with van der Waals surface area (Å²) in [6, 6.07) is 8.52. The first-order chi connectivity index (χ1) is 12.9. The number of ether oxygens (including phenoxy) is 1. The first kappa shape index (κ1) is 20.3. The number of hydrogen-bond acceptors (Lipinski definition) is 6. The Bertz CT molecular complexity index is 668. The van der Waals surface area contributed by atoms with Crippen LogP contribution in [0.2, 0.25) is 0 Å². The van der Waals surface area contributed by atoms with Crippen molar-refractivity contribution in [3.63, 3.8) is 0 Å². The average molecular weight is 411 g/mol. The predicted molar refractivity (Wildman–Crippen MR) is 111 cm³/mol. The number of morpholine rings is 1. The van der Waals surface area contributed by atoms with E-state index in [1.54, 1.807) is 12.1 Å². The van der Waals surface area contributed by atoms with Gasteiger partial charge in [-0.15, -0.1) is 0 Å². The Morgan fingerprint density at radius 2 is 2.00 bits per heavy atom. The second kappa shape index (κ2) is 8.74. The van der Waals surface area contributed by atoms with Gasteiger partial charge in [0.1, 0.15) is 10.5 Å². The maximum atomic E-state index is 12.6. The van der Waals surface area contributed by atoms with E-state index >= 15 is 0 Å². The maximum absolute atomic E-state index is 12.6. The van der Waals surface area contributed by atoms with Crippen molar-refractivity contribution in [1.29, 1.82) is 0 Å². The van der Waals surface area contributed by atoms with Crippen LogP contribution in [0.4, 0.5) is 10.5 Å². The molecule has 2 aliphatic rings. The molecule has 0 spiro atoms. The third-order valence-corrected chi connectivity index (χ3v) is 6.36. The summed E-state index contributed by atoms with van der Waals surface area (Å²) in [5, 5.41) is 14.2. The SMILES string of the molecule is CC1(C)SC(=S)N(CCN2CCOCC2)C1N(O)C(=O)Nc1ccccc1. The monoisotopic (exact) mass is 410 g/mol. The number of anilines is 1. The van der Waals surface area contributed by atoms with Crippen molar-refractivity contribution >= 4 is 40.0 Å². The van der Waals surface area contributed by atoms with Gasteiger partial charge in [0, 0.05) is 31.9 Å². The van der Waals surface area contributed by atoms with Crippen molar-refractivity contribution in [2.45, 2.75) is 24.8 Å². The van der Waals surface area contributed by atoms with E-state index in [2.05, 4.69) is 10.2 Å². The average Bonchev–Trinajstić information content (AvgIpc) is 2.88. The molecule has 0 aromatic heterocycles. The number of nitrogens with zero attached hydrogens (tertiary/aromatic N) is 3. The van der Waals surface area contributed by atoms with Crippen LogP contribution in [0.5, 0.6) is 0 Å². The molecule has 27 heavy (non-hydrogen) atoms. The van der Waals surface area contributed by atoms with E-state index in [4.69, 9.17) is 17.0 Å². The van der Waals surface area contributed by atoms with Crippen LogP contribution in [0.1, 0.15) is 13.8 Å². The number of benzene rings is 1. The molecule has 2 heterocycles. The van der Waals surface area contributed by atoms with E-state index in [0.717, 1.165) is 37.9 Å². The van der Waals surface area contributed by atoms with Crippen LogP contribution in [0.15, 0.2) is 30.3 Å². The molecule has 1 aromatic carbocycles. The summed E-state index contributed by atoms with van der Waals surface area (Å²) in [7, 11) is 0. The topological polar surface area (TPSA) is 68.3 Å². The molecule has 9 heteroatoms. The van der Waals surface area contributed by atoms with Gasteiger partial charge in [0.25, 0.3) is 0 Å². The molecule has 1 atom stereocenters. The number of para-hydroxylation sites is 1. The van der Waals surface area contributed by atoms with Crippen LogP contribution < -0.4 is 5.32 Å². The minimum atomic E-state index is -0.569. The molecule has 0 radical (unpaired) electrons. The summed E-state index contributed by atoms with van der Waals surface area (Å²) in [5.41, 5.74) is 0.632. The van der Waals surface area contributed by atoms with E-state index in [-0.39, 0.29) is 0 Å². The van der Waals surface area contributed by atoms with Gasteiger partial charge in [0.15, 0.2) is 0 Å². The number of hydroxylamine groups is 2. The Balaban J connectivity index is 1.68. The van der Waals surface area contributed by atoms with Gasteiger partial charge in [-0.2, -0.15) is 5.06 Å². The molecule has 0 saturated carbocycles. The fraction of sp³-hybridized carbons (Fsp3) is 0.556. The molecule has 2 aliphatic heterocycles. The first-order valence-electron chi connectivity index (χ1n) is 9.02. The lowest BCUT2D eigenvalue weighted by molar-refractivity contribution is -0.115. The fourth-order valence-corrected chi connectivity index (χ4v) is 5.27. The molecule has 0 aliphatic carbocycles. The second-order valence-corrected chi connectivity index (χ2v) is 9.42. The highest BCUT2D eigenvalue weighted by molar-refractivity contribution is 8.24. The number of rotatable bonds is 5. The zero-order valence-corrected chi connectivity index (χ0v) is 17.3. The van der Waals surface area contributed by atoms with E-state index in [9.17, 15) is 10.0 Å². The minimum absolute atomic E-state index is 0.426. The highest BCUT2D eigenvalue weighted by Crippen LogP contribution is 2.42. The van der Waals surface area contributed by atoms with Crippen molar-refractivity contribution in [1.82, 2.24) is 14.9 Å². The number of urea groups is 1.